The maximum Gasteiger partial charge on any atom is 0.316 e. The lowest BCUT2D eigenvalue weighted by Gasteiger charge is -2.15. The van der Waals surface area contributed by atoms with Crippen LogP contribution >= 0.6 is 11.3 Å². The fourth-order valence-corrected chi connectivity index (χ4v) is 2.89. The normalized spacial score (nSPS) is 13.2. The van der Waals surface area contributed by atoms with Crippen LogP contribution in [0.4, 0.5) is 0 Å². The second kappa shape index (κ2) is 5.01. The van der Waals surface area contributed by atoms with E-state index < -0.39 is 0 Å². The Morgan fingerprint density at radius 2 is 2.17 bits per heavy atom. The van der Waals surface area contributed by atoms with E-state index in [1.54, 1.807) is 11.4 Å². The molecule has 0 radical (unpaired) electrons. The highest BCUT2D eigenvalue weighted by Gasteiger charge is 2.29. The van der Waals surface area contributed by atoms with Gasteiger partial charge in [0.1, 0.15) is 10.9 Å². The number of esters is 1. The van der Waals surface area contributed by atoms with Gasteiger partial charge in [-0.1, -0.05) is 25.2 Å². The Bertz CT molecular complexity index is 560. The van der Waals surface area contributed by atoms with Gasteiger partial charge in [-0.3, -0.25) is 4.79 Å². The van der Waals surface area contributed by atoms with E-state index in [1.807, 2.05) is 20.8 Å². The number of carbonyl (C=O) groups excluding carboxylic acids is 1. The summed E-state index contributed by atoms with van der Waals surface area (Å²) < 4.78 is 6.77. The van der Waals surface area contributed by atoms with Crippen molar-refractivity contribution in [2.24, 2.45) is 5.92 Å². The molecule has 2 heterocycles. The van der Waals surface area contributed by atoms with Crippen molar-refractivity contribution in [1.29, 1.82) is 0 Å². The number of hydrogen-bond acceptors (Lipinski definition) is 6. The molecule has 18 heavy (non-hydrogen) atoms. The molecule has 0 amide bonds. The molecule has 7 heteroatoms. The summed E-state index contributed by atoms with van der Waals surface area (Å²) in [7, 11) is 0. The molecule has 1 unspecified atom stereocenters. The Morgan fingerprint density at radius 3 is 2.72 bits per heavy atom. The number of rotatable bonds is 4. The number of aryl methyl sites for hydroxylation is 1. The zero-order valence-corrected chi connectivity index (χ0v) is 11.7. The number of nitrogens with zero attached hydrogens (tertiary/aromatic N) is 4. The van der Waals surface area contributed by atoms with Crippen LogP contribution in [0, 0.1) is 12.8 Å². The molecule has 98 valence electrons. The highest BCUT2D eigenvalue weighted by Crippen LogP contribution is 2.29. The molecule has 0 bridgehead atoms. The number of ether oxygens (including phenoxy) is 1. The molecule has 0 aliphatic heterocycles. The second-order valence-corrected chi connectivity index (χ2v) is 5.34. The molecule has 0 saturated heterocycles. The van der Waals surface area contributed by atoms with Crippen molar-refractivity contribution in [1.82, 2.24) is 19.8 Å². The van der Waals surface area contributed by atoms with Crippen molar-refractivity contribution in [3.63, 3.8) is 0 Å². The predicted molar refractivity (Wildman–Crippen MR) is 67.6 cm³/mol. The van der Waals surface area contributed by atoms with Gasteiger partial charge in [-0.05, 0) is 19.8 Å². The Labute approximate surface area is 109 Å². The molecular formula is C11H16N4O2S. The summed E-state index contributed by atoms with van der Waals surface area (Å²) in [6.07, 6.45) is 0. The molecule has 2 aromatic heterocycles. The largest absolute Gasteiger partial charge is 0.465 e. The van der Waals surface area contributed by atoms with Gasteiger partial charge >= 0.3 is 5.97 Å². The molecule has 2 rings (SSSR count). The van der Waals surface area contributed by atoms with E-state index in [2.05, 4.69) is 15.3 Å². The first-order chi connectivity index (χ1) is 8.54. The van der Waals surface area contributed by atoms with Crippen molar-refractivity contribution < 1.29 is 9.53 Å². The van der Waals surface area contributed by atoms with Crippen LogP contribution in [-0.2, 0) is 9.53 Å². The molecule has 2 aromatic rings. The van der Waals surface area contributed by atoms with Gasteiger partial charge in [-0.25, -0.2) is 0 Å². The molecule has 0 aromatic carbocycles. The third-order valence-corrected chi connectivity index (χ3v) is 3.62. The van der Waals surface area contributed by atoms with Crippen LogP contribution < -0.4 is 0 Å². The zero-order valence-electron chi connectivity index (χ0n) is 10.9. The van der Waals surface area contributed by atoms with Crippen molar-refractivity contribution in [2.45, 2.75) is 33.6 Å². The molecule has 6 nitrogen and oxygen atoms in total. The highest BCUT2D eigenvalue weighted by molar-refractivity contribution is 7.16. The Kier molecular flexibility index (Phi) is 3.60. The lowest BCUT2D eigenvalue weighted by Crippen LogP contribution is -2.21. The number of carbonyl (C=O) groups is 1. The van der Waals surface area contributed by atoms with Crippen LogP contribution in [0.3, 0.4) is 0 Å². The zero-order chi connectivity index (χ0) is 13.3. The highest BCUT2D eigenvalue weighted by atomic mass is 32.1. The van der Waals surface area contributed by atoms with Crippen LogP contribution in [-0.4, -0.2) is 32.4 Å². The Hall–Kier alpha value is -1.50. The number of aromatic nitrogens is 4. The van der Waals surface area contributed by atoms with Gasteiger partial charge in [0.15, 0.2) is 5.82 Å². The fourth-order valence-electron chi connectivity index (χ4n) is 1.75. The molecule has 1 atom stereocenters. The minimum Gasteiger partial charge on any atom is -0.465 e. The summed E-state index contributed by atoms with van der Waals surface area (Å²) in [6, 6.07) is 0. The average Bonchev–Trinajstić information content (AvgIpc) is 2.82. The van der Waals surface area contributed by atoms with E-state index in [0.717, 1.165) is 10.8 Å². The van der Waals surface area contributed by atoms with Gasteiger partial charge < -0.3 is 4.74 Å². The van der Waals surface area contributed by atoms with Crippen LogP contribution in [0.5, 0.6) is 0 Å². The fraction of sp³-hybridized carbons (Fsp3) is 0.636. The van der Waals surface area contributed by atoms with Gasteiger partial charge in [0.05, 0.1) is 6.61 Å². The standard InChI is InChI=1S/C11H16N4O2S/c1-5-17-10(16)8(6(2)3)9-14-15-7(4)12-13-11(15)18-9/h6,8H,5H2,1-4H3. The molecule has 0 aliphatic rings. The van der Waals surface area contributed by atoms with Crippen molar-refractivity contribution in [2.75, 3.05) is 6.61 Å². The van der Waals surface area contributed by atoms with E-state index >= 15 is 0 Å². The number of fused-ring (bicyclic) bond motifs is 1. The molecular weight excluding hydrogens is 252 g/mol. The lowest BCUT2D eigenvalue weighted by molar-refractivity contribution is -0.146. The van der Waals surface area contributed by atoms with Crippen LogP contribution in [0.25, 0.3) is 4.96 Å². The summed E-state index contributed by atoms with van der Waals surface area (Å²) in [5.41, 5.74) is 0. The summed E-state index contributed by atoms with van der Waals surface area (Å²) in [4.78, 5) is 12.7. The first kappa shape index (κ1) is 12.9. The van der Waals surface area contributed by atoms with Crippen molar-refractivity contribution in [3.05, 3.63) is 10.8 Å². The average molecular weight is 268 g/mol. The molecule has 0 saturated carbocycles. The minimum absolute atomic E-state index is 0.133. The van der Waals surface area contributed by atoms with Gasteiger partial charge in [0.25, 0.3) is 0 Å². The molecule has 0 aliphatic carbocycles. The maximum absolute atomic E-state index is 12.0. The molecule has 0 N–H and O–H groups in total. The van der Waals surface area contributed by atoms with Crippen molar-refractivity contribution >= 4 is 22.3 Å². The van der Waals surface area contributed by atoms with E-state index in [-0.39, 0.29) is 17.8 Å². The summed E-state index contributed by atoms with van der Waals surface area (Å²) >= 11 is 1.39. The van der Waals surface area contributed by atoms with Gasteiger partial charge in [-0.15, -0.1) is 10.2 Å². The van der Waals surface area contributed by atoms with E-state index in [1.165, 1.54) is 11.3 Å². The van der Waals surface area contributed by atoms with Gasteiger partial charge in [-0.2, -0.15) is 9.61 Å². The number of hydrogen-bond donors (Lipinski definition) is 0. The topological polar surface area (TPSA) is 69.4 Å². The first-order valence-electron chi connectivity index (χ1n) is 5.90. The quantitative estimate of drug-likeness (QED) is 0.791. The van der Waals surface area contributed by atoms with E-state index in [4.69, 9.17) is 4.74 Å². The van der Waals surface area contributed by atoms with Crippen LogP contribution in [0.1, 0.15) is 37.5 Å². The lowest BCUT2D eigenvalue weighted by atomic mass is 9.97. The predicted octanol–water partition coefficient (Wildman–Crippen LogP) is 1.80. The maximum atomic E-state index is 12.0. The van der Waals surface area contributed by atoms with Gasteiger partial charge in [0, 0.05) is 0 Å². The van der Waals surface area contributed by atoms with E-state index in [9.17, 15) is 4.79 Å². The van der Waals surface area contributed by atoms with Gasteiger partial charge in [0.2, 0.25) is 4.96 Å². The van der Waals surface area contributed by atoms with Crippen LogP contribution in [0.2, 0.25) is 0 Å². The SMILES string of the molecule is CCOC(=O)C(c1nn2c(C)nnc2s1)C(C)C. The Balaban J connectivity index is 2.38. The minimum atomic E-state index is -0.337. The van der Waals surface area contributed by atoms with Crippen LogP contribution in [0.15, 0.2) is 0 Å². The third kappa shape index (κ3) is 2.22. The van der Waals surface area contributed by atoms with Crippen molar-refractivity contribution in [3.8, 4) is 0 Å². The summed E-state index contributed by atoms with van der Waals surface area (Å²) in [5.74, 6) is 0.290. The Morgan fingerprint density at radius 1 is 1.44 bits per heavy atom. The monoisotopic (exact) mass is 268 g/mol. The smallest absolute Gasteiger partial charge is 0.316 e. The summed E-state index contributed by atoms with van der Waals surface area (Å²) in [5, 5.41) is 13.1. The molecule has 0 spiro atoms. The second-order valence-electron chi connectivity index (χ2n) is 4.36. The summed E-state index contributed by atoms with van der Waals surface area (Å²) in [6.45, 7) is 7.98. The van der Waals surface area contributed by atoms with E-state index in [0.29, 0.717) is 11.6 Å². The third-order valence-electron chi connectivity index (χ3n) is 2.64. The first-order valence-corrected chi connectivity index (χ1v) is 6.71. The molecule has 0 fully saturated rings.